The number of ether oxygens (including phenoxy) is 1. The minimum absolute atomic E-state index is 0.598. The molecule has 1 heterocycles. The van der Waals surface area contributed by atoms with Crippen molar-refractivity contribution in [3.05, 3.63) is 35.5 Å². The van der Waals surface area contributed by atoms with E-state index in [9.17, 15) is 0 Å². The summed E-state index contributed by atoms with van der Waals surface area (Å²) in [5.41, 5.74) is 1.77. The summed E-state index contributed by atoms with van der Waals surface area (Å²) in [7, 11) is 3.48. The van der Waals surface area contributed by atoms with E-state index in [-0.39, 0.29) is 0 Å². The van der Waals surface area contributed by atoms with Crippen LogP contribution in [0.3, 0.4) is 0 Å². The Morgan fingerprint density at radius 1 is 1.33 bits per heavy atom. The molecule has 0 aliphatic carbocycles. The minimum atomic E-state index is 0.598. The molecule has 0 N–H and O–H groups in total. The molecule has 0 aliphatic rings. The van der Waals surface area contributed by atoms with Crippen LogP contribution in [-0.2, 0) is 7.05 Å². The van der Waals surface area contributed by atoms with E-state index in [1.54, 1.807) is 17.9 Å². The number of para-hydroxylation sites is 1. The lowest BCUT2D eigenvalue weighted by atomic mass is 10.1. The van der Waals surface area contributed by atoms with Gasteiger partial charge < -0.3 is 4.74 Å². The molecule has 1 aromatic carbocycles. The van der Waals surface area contributed by atoms with Crippen molar-refractivity contribution < 1.29 is 4.74 Å². The quantitative estimate of drug-likeness (QED) is 0.781. The molecule has 0 radical (unpaired) electrons. The smallest absolute Gasteiger partial charge is 0.146 e. The molecule has 0 amide bonds. The van der Waals surface area contributed by atoms with Crippen LogP contribution < -0.4 is 4.74 Å². The molecule has 0 bridgehead atoms. The number of nitrogens with zero attached hydrogens (tertiary/aromatic N) is 2. The number of hydrogen-bond acceptors (Lipinski definition) is 2. The van der Waals surface area contributed by atoms with Gasteiger partial charge in [0.2, 0.25) is 0 Å². The average Bonchev–Trinajstić information content (AvgIpc) is 2.64. The van der Waals surface area contributed by atoms with E-state index in [1.165, 1.54) is 0 Å². The third-order valence-electron chi connectivity index (χ3n) is 2.16. The van der Waals surface area contributed by atoms with E-state index in [4.69, 9.17) is 16.3 Å². The summed E-state index contributed by atoms with van der Waals surface area (Å²) in [5, 5.41) is 4.91. The van der Waals surface area contributed by atoms with Crippen molar-refractivity contribution in [3.63, 3.8) is 0 Å². The molecule has 78 valence electrons. The highest BCUT2D eigenvalue weighted by Crippen LogP contribution is 2.34. The van der Waals surface area contributed by atoms with Crippen LogP contribution in [0.1, 0.15) is 0 Å². The van der Waals surface area contributed by atoms with Crippen LogP contribution in [0.25, 0.3) is 11.3 Å². The van der Waals surface area contributed by atoms with Gasteiger partial charge in [-0.25, -0.2) is 0 Å². The fraction of sp³-hybridized carbons (Fsp3) is 0.182. The molecular formula is C11H11ClN2O. The van der Waals surface area contributed by atoms with Gasteiger partial charge in [0, 0.05) is 18.8 Å². The largest absolute Gasteiger partial charge is 0.494 e. The summed E-state index contributed by atoms with van der Waals surface area (Å²) < 4.78 is 7.00. The zero-order valence-corrected chi connectivity index (χ0v) is 9.32. The van der Waals surface area contributed by atoms with Crippen LogP contribution in [0, 0.1) is 0 Å². The van der Waals surface area contributed by atoms with Crippen LogP contribution in [0.15, 0.2) is 30.5 Å². The fourth-order valence-corrected chi connectivity index (χ4v) is 1.73. The Kier molecular flexibility index (Phi) is 2.64. The summed E-state index contributed by atoms with van der Waals surface area (Å²) in [6, 6.07) is 7.54. The first kappa shape index (κ1) is 10.1. The van der Waals surface area contributed by atoms with Crippen LogP contribution in [-0.4, -0.2) is 16.9 Å². The Bertz CT molecular complexity index is 479. The molecule has 1 aromatic heterocycles. The Morgan fingerprint density at radius 2 is 2.13 bits per heavy atom. The number of aromatic nitrogens is 2. The second-order valence-electron chi connectivity index (χ2n) is 3.20. The lowest BCUT2D eigenvalue weighted by Gasteiger charge is -2.07. The van der Waals surface area contributed by atoms with Crippen molar-refractivity contribution in [2.45, 2.75) is 0 Å². The predicted molar refractivity (Wildman–Crippen MR) is 60.2 cm³/mol. The van der Waals surface area contributed by atoms with E-state index in [2.05, 4.69) is 5.10 Å². The third-order valence-corrected chi connectivity index (χ3v) is 2.46. The molecule has 0 fully saturated rings. The van der Waals surface area contributed by atoms with E-state index >= 15 is 0 Å². The molecule has 4 heteroatoms. The van der Waals surface area contributed by atoms with Gasteiger partial charge in [-0.15, -0.1) is 0 Å². The van der Waals surface area contributed by atoms with Crippen LogP contribution >= 0.6 is 11.6 Å². The summed E-state index contributed by atoms with van der Waals surface area (Å²) in [6.07, 6.45) is 1.88. The first-order valence-corrected chi connectivity index (χ1v) is 4.92. The van der Waals surface area contributed by atoms with E-state index < -0.39 is 0 Å². The van der Waals surface area contributed by atoms with Gasteiger partial charge in [-0.1, -0.05) is 17.7 Å². The second kappa shape index (κ2) is 3.95. The van der Waals surface area contributed by atoms with Gasteiger partial charge in [0.05, 0.1) is 17.8 Å². The number of methoxy groups -OCH3 is 1. The summed E-state index contributed by atoms with van der Waals surface area (Å²) in [4.78, 5) is 0. The highest BCUT2D eigenvalue weighted by molar-refractivity contribution is 6.32. The van der Waals surface area contributed by atoms with Crippen molar-refractivity contribution in [2.75, 3.05) is 7.11 Å². The van der Waals surface area contributed by atoms with Gasteiger partial charge in [-0.2, -0.15) is 5.10 Å². The van der Waals surface area contributed by atoms with Crippen molar-refractivity contribution in [3.8, 4) is 17.0 Å². The summed E-state index contributed by atoms with van der Waals surface area (Å²) in [5.74, 6) is 0.665. The van der Waals surface area contributed by atoms with Crippen LogP contribution in [0.2, 0.25) is 5.02 Å². The summed E-state index contributed by atoms with van der Waals surface area (Å²) in [6.45, 7) is 0. The lowest BCUT2D eigenvalue weighted by Crippen LogP contribution is -1.91. The van der Waals surface area contributed by atoms with Gasteiger partial charge in [0.25, 0.3) is 0 Å². The van der Waals surface area contributed by atoms with Crippen LogP contribution in [0.5, 0.6) is 5.75 Å². The molecular weight excluding hydrogens is 212 g/mol. The number of hydrogen-bond donors (Lipinski definition) is 0. The van der Waals surface area contributed by atoms with Crippen molar-refractivity contribution in [1.82, 2.24) is 9.78 Å². The molecule has 15 heavy (non-hydrogen) atoms. The molecule has 0 saturated heterocycles. The Morgan fingerprint density at radius 3 is 2.73 bits per heavy atom. The number of rotatable bonds is 2. The topological polar surface area (TPSA) is 27.1 Å². The molecule has 0 atom stereocenters. The first-order chi connectivity index (χ1) is 7.22. The monoisotopic (exact) mass is 222 g/mol. The highest BCUT2D eigenvalue weighted by Gasteiger charge is 2.10. The Labute approximate surface area is 93.2 Å². The summed E-state index contributed by atoms with van der Waals surface area (Å²) >= 11 is 6.03. The van der Waals surface area contributed by atoms with Crippen molar-refractivity contribution in [2.24, 2.45) is 7.05 Å². The molecule has 2 aromatic rings. The number of benzene rings is 1. The molecule has 0 aliphatic heterocycles. The lowest BCUT2D eigenvalue weighted by molar-refractivity contribution is 0.416. The average molecular weight is 223 g/mol. The standard InChI is InChI=1S/C11H11ClN2O/c1-14-7-6-10(13-14)8-4-3-5-9(12)11(8)15-2/h3-7H,1-2H3. The highest BCUT2D eigenvalue weighted by atomic mass is 35.5. The molecule has 0 saturated carbocycles. The van der Waals surface area contributed by atoms with Crippen LogP contribution in [0.4, 0.5) is 0 Å². The minimum Gasteiger partial charge on any atom is -0.494 e. The molecule has 0 spiro atoms. The maximum atomic E-state index is 6.03. The number of aryl methyl sites for hydroxylation is 1. The molecule has 2 rings (SSSR count). The number of halogens is 1. The van der Waals surface area contributed by atoms with E-state index in [1.807, 2.05) is 31.4 Å². The third kappa shape index (κ3) is 1.83. The maximum Gasteiger partial charge on any atom is 0.146 e. The predicted octanol–water partition coefficient (Wildman–Crippen LogP) is 2.75. The zero-order chi connectivity index (χ0) is 10.8. The van der Waals surface area contributed by atoms with Crippen molar-refractivity contribution >= 4 is 11.6 Å². The Balaban J connectivity index is 2.57. The molecule has 3 nitrogen and oxygen atoms in total. The van der Waals surface area contributed by atoms with Gasteiger partial charge >= 0.3 is 0 Å². The van der Waals surface area contributed by atoms with Gasteiger partial charge in [-0.3, -0.25) is 4.68 Å². The Hall–Kier alpha value is -1.48. The second-order valence-corrected chi connectivity index (χ2v) is 3.60. The maximum absolute atomic E-state index is 6.03. The normalized spacial score (nSPS) is 10.3. The SMILES string of the molecule is COc1c(Cl)cccc1-c1ccn(C)n1. The van der Waals surface area contributed by atoms with Gasteiger partial charge in [0.1, 0.15) is 5.75 Å². The van der Waals surface area contributed by atoms with Crippen molar-refractivity contribution in [1.29, 1.82) is 0 Å². The van der Waals surface area contributed by atoms with Gasteiger partial charge in [0.15, 0.2) is 0 Å². The first-order valence-electron chi connectivity index (χ1n) is 4.55. The van der Waals surface area contributed by atoms with Gasteiger partial charge in [-0.05, 0) is 18.2 Å². The fourth-order valence-electron chi connectivity index (χ4n) is 1.48. The molecule has 0 unspecified atom stereocenters. The zero-order valence-electron chi connectivity index (χ0n) is 8.57. The van der Waals surface area contributed by atoms with E-state index in [0.717, 1.165) is 11.3 Å². The van der Waals surface area contributed by atoms with E-state index in [0.29, 0.717) is 10.8 Å².